The van der Waals surface area contributed by atoms with Crippen LogP contribution in [-0.2, 0) is 6.54 Å². The third kappa shape index (κ3) is 4.37. The van der Waals surface area contributed by atoms with Crippen LogP contribution in [0.1, 0.15) is 36.6 Å². The predicted octanol–water partition coefficient (Wildman–Crippen LogP) is 3.49. The van der Waals surface area contributed by atoms with Crippen LogP contribution in [0, 0.1) is 0 Å². The van der Waals surface area contributed by atoms with Crippen molar-refractivity contribution in [3.63, 3.8) is 0 Å². The Morgan fingerprint density at radius 3 is 2.42 bits per heavy atom. The summed E-state index contributed by atoms with van der Waals surface area (Å²) >= 11 is 0. The fraction of sp³-hybridized carbons (Fsp3) is 0.0741. The van der Waals surface area contributed by atoms with Crippen molar-refractivity contribution < 1.29 is 19.1 Å². The van der Waals surface area contributed by atoms with Crippen molar-refractivity contribution in [3.8, 4) is 17.0 Å². The van der Waals surface area contributed by atoms with E-state index in [1.807, 2.05) is 0 Å². The third-order valence-corrected chi connectivity index (χ3v) is 5.83. The highest BCUT2D eigenvalue weighted by atomic mass is 16.5. The first kappa shape index (κ1) is 22.7. The van der Waals surface area contributed by atoms with Gasteiger partial charge in [-0.05, 0) is 54.1 Å². The summed E-state index contributed by atoms with van der Waals surface area (Å²) in [6, 6.07) is 21.5. The zero-order valence-electron chi connectivity index (χ0n) is 19.1. The number of fused-ring (bicyclic) bond motifs is 1. The molecule has 0 radical (unpaired) electrons. The van der Waals surface area contributed by atoms with E-state index in [0.29, 0.717) is 22.7 Å². The van der Waals surface area contributed by atoms with Crippen LogP contribution in [0.2, 0.25) is 0 Å². The molecular weight excluding hydrogens is 460 g/mol. The maximum absolute atomic E-state index is 13.0. The van der Waals surface area contributed by atoms with E-state index in [2.05, 4.69) is 15.5 Å². The van der Waals surface area contributed by atoms with Crippen molar-refractivity contribution >= 4 is 23.4 Å². The molecule has 0 saturated carbocycles. The quantitative estimate of drug-likeness (QED) is 0.408. The molecule has 0 aliphatic carbocycles. The van der Waals surface area contributed by atoms with Gasteiger partial charge in [0.15, 0.2) is 0 Å². The van der Waals surface area contributed by atoms with Gasteiger partial charge in [0.05, 0.1) is 30.5 Å². The molecule has 5 rings (SSSR count). The number of rotatable bonds is 6. The standard InChI is InChI=1S/C27H20N4O5/c1-36-20-8-5-16(6-9-20)15-31-26(34)21-10-7-18(14-22(21)27(31)35)25(33)28-19-4-2-3-17(13-19)23-11-12-24(32)30-29-23/h2-14H,15H2,1H3,(H,28,33)(H,30,32). The maximum Gasteiger partial charge on any atom is 0.264 e. The Labute approximate surface area is 205 Å². The highest BCUT2D eigenvalue weighted by Gasteiger charge is 2.36. The Bertz CT molecular complexity index is 1540. The van der Waals surface area contributed by atoms with E-state index in [4.69, 9.17) is 4.74 Å². The minimum absolute atomic E-state index is 0.115. The van der Waals surface area contributed by atoms with Gasteiger partial charge < -0.3 is 10.1 Å². The van der Waals surface area contributed by atoms with Gasteiger partial charge in [0, 0.05) is 22.9 Å². The molecular formula is C27H20N4O5. The van der Waals surface area contributed by atoms with Gasteiger partial charge in [0.25, 0.3) is 23.3 Å². The van der Waals surface area contributed by atoms with Crippen LogP contribution in [-0.4, -0.2) is 39.9 Å². The SMILES string of the molecule is COc1ccc(CN2C(=O)c3ccc(C(=O)Nc4cccc(-c5ccc(=O)[nH]n5)c4)cc3C2=O)cc1. The molecule has 0 fully saturated rings. The number of ether oxygens (including phenoxy) is 1. The fourth-order valence-corrected chi connectivity index (χ4v) is 3.95. The average Bonchev–Trinajstić information content (AvgIpc) is 3.14. The smallest absolute Gasteiger partial charge is 0.264 e. The second kappa shape index (κ2) is 9.30. The number of methoxy groups -OCH3 is 1. The lowest BCUT2D eigenvalue weighted by molar-refractivity contribution is 0.0642. The normalized spacial score (nSPS) is 12.4. The van der Waals surface area contributed by atoms with Crippen molar-refractivity contribution in [3.05, 3.63) is 111 Å². The summed E-state index contributed by atoms with van der Waals surface area (Å²) < 4.78 is 5.14. The molecule has 0 atom stereocenters. The van der Waals surface area contributed by atoms with E-state index in [-0.39, 0.29) is 28.8 Å². The number of amides is 3. The molecule has 1 aliphatic heterocycles. The molecule has 4 aromatic rings. The Morgan fingerprint density at radius 1 is 0.917 bits per heavy atom. The molecule has 9 heteroatoms. The lowest BCUT2D eigenvalue weighted by atomic mass is 10.0. The van der Waals surface area contributed by atoms with Crippen molar-refractivity contribution in [1.29, 1.82) is 0 Å². The maximum atomic E-state index is 13.0. The molecule has 3 aromatic carbocycles. The minimum atomic E-state index is -0.452. The molecule has 2 N–H and O–H groups in total. The molecule has 178 valence electrons. The van der Waals surface area contributed by atoms with Gasteiger partial charge in [-0.1, -0.05) is 24.3 Å². The number of aromatic nitrogens is 2. The number of imide groups is 1. The van der Waals surface area contributed by atoms with Gasteiger partial charge in [-0.3, -0.25) is 24.1 Å². The van der Waals surface area contributed by atoms with Crippen molar-refractivity contribution in [2.75, 3.05) is 12.4 Å². The summed E-state index contributed by atoms with van der Waals surface area (Å²) in [7, 11) is 1.56. The average molecular weight is 480 g/mol. The molecule has 36 heavy (non-hydrogen) atoms. The first-order chi connectivity index (χ1) is 17.4. The third-order valence-electron chi connectivity index (χ3n) is 5.83. The molecule has 1 aromatic heterocycles. The summed E-state index contributed by atoms with van der Waals surface area (Å²) in [4.78, 5) is 51.2. The summed E-state index contributed by atoms with van der Waals surface area (Å²) in [5.74, 6) is -0.610. The summed E-state index contributed by atoms with van der Waals surface area (Å²) in [6.45, 7) is 0.115. The van der Waals surface area contributed by atoms with Gasteiger partial charge in [0.1, 0.15) is 5.75 Å². The highest BCUT2D eigenvalue weighted by molar-refractivity contribution is 6.22. The zero-order valence-corrected chi connectivity index (χ0v) is 19.1. The van der Waals surface area contributed by atoms with E-state index in [1.165, 1.54) is 24.3 Å². The number of benzene rings is 3. The van der Waals surface area contributed by atoms with Crippen molar-refractivity contribution in [1.82, 2.24) is 15.1 Å². The zero-order chi connectivity index (χ0) is 25.2. The molecule has 0 spiro atoms. The predicted molar refractivity (Wildman–Crippen MR) is 132 cm³/mol. The van der Waals surface area contributed by atoms with Crippen molar-refractivity contribution in [2.45, 2.75) is 6.54 Å². The molecule has 0 saturated heterocycles. The number of H-pyrrole nitrogens is 1. The molecule has 3 amide bonds. The first-order valence-electron chi connectivity index (χ1n) is 11.0. The Kier molecular flexibility index (Phi) is 5.87. The van der Waals surface area contributed by atoms with Crippen LogP contribution in [0.15, 0.2) is 83.7 Å². The number of hydrogen-bond acceptors (Lipinski definition) is 6. The number of carbonyl (C=O) groups excluding carboxylic acids is 3. The number of carbonyl (C=O) groups is 3. The minimum Gasteiger partial charge on any atom is -0.497 e. The molecule has 0 bridgehead atoms. The molecule has 2 heterocycles. The second-order valence-electron chi connectivity index (χ2n) is 8.15. The number of nitrogens with zero attached hydrogens (tertiary/aromatic N) is 2. The van der Waals surface area contributed by atoms with Gasteiger partial charge in [-0.25, -0.2) is 5.10 Å². The van der Waals surface area contributed by atoms with Gasteiger partial charge in [-0.15, -0.1) is 0 Å². The second-order valence-corrected chi connectivity index (χ2v) is 8.15. The fourth-order valence-electron chi connectivity index (χ4n) is 3.95. The summed E-state index contributed by atoms with van der Waals surface area (Å²) in [5, 5.41) is 9.17. The Morgan fingerprint density at radius 2 is 1.69 bits per heavy atom. The van der Waals surface area contributed by atoms with Gasteiger partial charge in [0.2, 0.25) is 0 Å². The van der Waals surface area contributed by atoms with Gasteiger partial charge in [-0.2, -0.15) is 5.10 Å². The van der Waals surface area contributed by atoms with Crippen LogP contribution in [0.4, 0.5) is 5.69 Å². The number of anilines is 1. The number of nitrogens with one attached hydrogen (secondary N) is 2. The lowest BCUT2D eigenvalue weighted by Crippen LogP contribution is -2.29. The Hall–Kier alpha value is -5.05. The van der Waals surface area contributed by atoms with Crippen LogP contribution in [0.3, 0.4) is 0 Å². The highest BCUT2D eigenvalue weighted by Crippen LogP contribution is 2.27. The van der Waals surface area contributed by atoms with Gasteiger partial charge >= 0.3 is 0 Å². The lowest BCUT2D eigenvalue weighted by Gasteiger charge is -2.14. The Balaban J connectivity index is 1.33. The van der Waals surface area contributed by atoms with E-state index in [9.17, 15) is 19.2 Å². The molecule has 9 nitrogen and oxygen atoms in total. The topological polar surface area (TPSA) is 121 Å². The van der Waals surface area contributed by atoms with E-state index < -0.39 is 17.7 Å². The number of hydrogen-bond donors (Lipinski definition) is 2. The number of aromatic amines is 1. The molecule has 0 unspecified atom stereocenters. The van der Waals surface area contributed by atoms with Crippen LogP contribution in [0.25, 0.3) is 11.3 Å². The summed E-state index contributed by atoms with van der Waals surface area (Å²) in [5.41, 5.74) is 2.92. The van der Waals surface area contributed by atoms with Crippen LogP contribution in [0.5, 0.6) is 5.75 Å². The first-order valence-corrected chi connectivity index (χ1v) is 11.0. The van der Waals surface area contributed by atoms with Crippen LogP contribution >= 0.6 is 0 Å². The van der Waals surface area contributed by atoms with E-state index in [0.717, 1.165) is 10.5 Å². The molecule has 1 aliphatic rings. The van der Waals surface area contributed by atoms with E-state index in [1.54, 1.807) is 61.7 Å². The largest absolute Gasteiger partial charge is 0.497 e. The summed E-state index contributed by atoms with van der Waals surface area (Å²) in [6.07, 6.45) is 0. The van der Waals surface area contributed by atoms with Crippen LogP contribution < -0.4 is 15.6 Å². The van der Waals surface area contributed by atoms with Crippen molar-refractivity contribution in [2.24, 2.45) is 0 Å². The van der Waals surface area contributed by atoms with E-state index >= 15 is 0 Å². The monoisotopic (exact) mass is 480 g/mol.